The Labute approximate surface area is 181 Å². The van der Waals surface area contributed by atoms with Crippen LogP contribution in [0.25, 0.3) is 5.69 Å². The highest BCUT2D eigenvalue weighted by molar-refractivity contribution is 5.77. The lowest BCUT2D eigenvalue weighted by Crippen LogP contribution is -2.52. The smallest absolute Gasteiger partial charge is 0.220 e. The van der Waals surface area contributed by atoms with Gasteiger partial charge in [-0.15, -0.1) is 0 Å². The Kier molecular flexibility index (Phi) is 5.32. The second-order valence-electron chi connectivity index (χ2n) is 8.73. The van der Waals surface area contributed by atoms with Crippen molar-refractivity contribution >= 4 is 5.91 Å². The van der Waals surface area contributed by atoms with Crippen molar-refractivity contribution < 1.29 is 9.18 Å². The number of halogens is 1. The lowest BCUT2D eigenvalue weighted by atomic mass is 9.78. The standard InChI is InChI=1S/C25H27FN4O/c26-22-10-3-2-9-20(22)21-17-29(18-25(21)13-6-5-12-24(31)28-25)16-19-8-1-4-11-23(19)30-15-7-14-27-30/h1-4,7-11,14-15,21H,5-6,12-13,16-18H2,(H,28,31)/t21-,25+/m0/s1. The number of hydrogen-bond donors (Lipinski definition) is 1. The van der Waals surface area contributed by atoms with E-state index in [-0.39, 0.29) is 17.6 Å². The molecule has 2 fully saturated rings. The highest BCUT2D eigenvalue weighted by atomic mass is 19.1. The summed E-state index contributed by atoms with van der Waals surface area (Å²) in [5.41, 5.74) is 2.47. The Balaban J connectivity index is 1.48. The average Bonchev–Trinajstić information content (AvgIpc) is 3.36. The first-order chi connectivity index (χ1) is 15.1. The molecule has 0 saturated carbocycles. The summed E-state index contributed by atoms with van der Waals surface area (Å²) in [6.07, 6.45) is 7.00. The maximum atomic E-state index is 14.8. The monoisotopic (exact) mass is 418 g/mol. The van der Waals surface area contributed by atoms with Crippen molar-refractivity contribution in [1.29, 1.82) is 0 Å². The minimum absolute atomic E-state index is 0.0763. The number of carbonyl (C=O) groups is 1. The van der Waals surface area contributed by atoms with E-state index in [4.69, 9.17) is 0 Å². The minimum atomic E-state index is -0.434. The van der Waals surface area contributed by atoms with Gasteiger partial charge in [0.25, 0.3) is 0 Å². The van der Waals surface area contributed by atoms with E-state index < -0.39 is 5.54 Å². The molecule has 1 aromatic heterocycles. The molecule has 2 aliphatic rings. The summed E-state index contributed by atoms with van der Waals surface area (Å²) in [6.45, 7) is 2.14. The van der Waals surface area contributed by atoms with Gasteiger partial charge in [0.2, 0.25) is 5.91 Å². The van der Waals surface area contributed by atoms with Crippen molar-refractivity contribution in [2.45, 2.75) is 43.7 Å². The summed E-state index contributed by atoms with van der Waals surface area (Å²) in [6, 6.07) is 17.2. The maximum absolute atomic E-state index is 14.8. The number of benzene rings is 2. The van der Waals surface area contributed by atoms with Gasteiger partial charge in [-0.2, -0.15) is 5.10 Å². The normalized spacial score (nSPS) is 24.3. The third-order valence-electron chi connectivity index (χ3n) is 6.70. The molecule has 1 N–H and O–H groups in total. The molecule has 3 aromatic rings. The van der Waals surface area contributed by atoms with Crippen LogP contribution in [-0.4, -0.2) is 39.2 Å². The van der Waals surface area contributed by atoms with Crippen LogP contribution < -0.4 is 5.32 Å². The van der Waals surface area contributed by atoms with E-state index in [0.717, 1.165) is 37.1 Å². The van der Waals surface area contributed by atoms with Gasteiger partial charge in [-0.25, -0.2) is 9.07 Å². The number of para-hydroxylation sites is 1. The van der Waals surface area contributed by atoms with Gasteiger partial charge in [0.1, 0.15) is 5.82 Å². The zero-order valence-corrected chi connectivity index (χ0v) is 17.5. The fourth-order valence-electron chi connectivity index (χ4n) is 5.31. The van der Waals surface area contributed by atoms with Gasteiger partial charge in [0.15, 0.2) is 0 Å². The van der Waals surface area contributed by atoms with E-state index >= 15 is 0 Å². The molecular formula is C25H27FN4O. The fraction of sp³-hybridized carbons (Fsp3) is 0.360. The Morgan fingerprint density at radius 3 is 2.77 bits per heavy atom. The van der Waals surface area contributed by atoms with Gasteiger partial charge >= 0.3 is 0 Å². The molecule has 1 spiro atoms. The summed E-state index contributed by atoms with van der Waals surface area (Å²) in [5, 5.41) is 7.72. The van der Waals surface area contributed by atoms with Crippen LogP contribution in [0, 0.1) is 5.82 Å². The minimum Gasteiger partial charge on any atom is -0.349 e. The van der Waals surface area contributed by atoms with Crippen LogP contribution in [-0.2, 0) is 11.3 Å². The Morgan fingerprint density at radius 2 is 1.94 bits per heavy atom. The second kappa shape index (κ2) is 8.27. The highest BCUT2D eigenvalue weighted by Gasteiger charge is 2.49. The summed E-state index contributed by atoms with van der Waals surface area (Å²) in [5.74, 6) is -0.186. The molecule has 2 atom stereocenters. The Hall–Kier alpha value is -2.99. The third kappa shape index (κ3) is 3.88. The van der Waals surface area contributed by atoms with E-state index in [2.05, 4.69) is 27.4 Å². The van der Waals surface area contributed by atoms with Gasteiger partial charge in [-0.3, -0.25) is 9.69 Å². The van der Waals surface area contributed by atoms with Crippen molar-refractivity contribution in [2.24, 2.45) is 0 Å². The van der Waals surface area contributed by atoms with E-state index in [1.807, 2.05) is 41.2 Å². The molecule has 0 unspecified atom stereocenters. The largest absolute Gasteiger partial charge is 0.349 e. The molecule has 2 aromatic carbocycles. The summed E-state index contributed by atoms with van der Waals surface area (Å²) >= 11 is 0. The second-order valence-corrected chi connectivity index (χ2v) is 8.73. The van der Waals surface area contributed by atoms with Crippen molar-refractivity contribution in [3.63, 3.8) is 0 Å². The van der Waals surface area contributed by atoms with E-state index in [9.17, 15) is 9.18 Å². The van der Waals surface area contributed by atoms with Crippen LogP contribution in [0.2, 0.25) is 0 Å². The SMILES string of the molecule is O=C1CCCC[C@]2(CN(Cc3ccccc3-n3cccn3)C[C@H]2c2ccccc2F)N1. The lowest BCUT2D eigenvalue weighted by molar-refractivity contribution is -0.122. The number of aromatic nitrogens is 2. The zero-order valence-electron chi connectivity index (χ0n) is 17.5. The number of rotatable bonds is 4. The lowest BCUT2D eigenvalue weighted by Gasteiger charge is -2.35. The topological polar surface area (TPSA) is 50.2 Å². The van der Waals surface area contributed by atoms with E-state index in [1.165, 1.54) is 6.07 Å². The number of hydrogen-bond acceptors (Lipinski definition) is 3. The molecule has 5 rings (SSSR count). The van der Waals surface area contributed by atoms with Crippen LogP contribution in [0.15, 0.2) is 67.0 Å². The van der Waals surface area contributed by atoms with Crippen LogP contribution in [0.5, 0.6) is 0 Å². The van der Waals surface area contributed by atoms with Crippen LogP contribution in [0.4, 0.5) is 4.39 Å². The molecule has 0 aliphatic carbocycles. The summed E-state index contributed by atoms with van der Waals surface area (Å²) < 4.78 is 16.7. The molecule has 5 nitrogen and oxygen atoms in total. The molecule has 2 saturated heterocycles. The van der Waals surface area contributed by atoms with Gasteiger partial charge in [0, 0.05) is 44.4 Å². The van der Waals surface area contributed by atoms with E-state index in [1.54, 1.807) is 12.3 Å². The number of amides is 1. The van der Waals surface area contributed by atoms with Crippen molar-refractivity contribution in [3.8, 4) is 5.69 Å². The average molecular weight is 419 g/mol. The zero-order chi connectivity index (χ0) is 21.3. The maximum Gasteiger partial charge on any atom is 0.220 e. The molecule has 160 valence electrons. The number of carbonyl (C=O) groups excluding carboxylic acids is 1. The molecular weight excluding hydrogens is 391 g/mol. The van der Waals surface area contributed by atoms with Crippen LogP contribution in [0.3, 0.4) is 0 Å². The third-order valence-corrected chi connectivity index (χ3v) is 6.70. The predicted molar refractivity (Wildman–Crippen MR) is 117 cm³/mol. The van der Waals surface area contributed by atoms with Gasteiger partial charge < -0.3 is 5.32 Å². The first-order valence-corrected chi connectivity index (χ1v) is 11.0. The number of nitrogens with zero attached hydrogens (tertiary/aromatic N) is 3. The van der Waals surface area contributed by atoms with Crippen LogP contribution >= 0.6 is 0 Å². The molecule has 1 amide bonds. The van der Waals surface area contributed by atoms with Crippen molar-refractivity contribution in [1.82, 2.24) is 20.0 Å². The van der Waals surface area contributed by atoms with Gasteiger partial charge in [0.05, 0.1) is 11.2 Å². The number of nitrogens with one attached hydrogen (secondary N) is 1. The quantitative estimate of drug-likeness (QED) is 0.696. The first kappa shape index (κ1) is 19.9. The van der Waals surface area contributed by atoms with Gasteiger partial charge in [-0.1, -0.05) is 42.8 Å². The summed E-state index contributed by atoms with van der Waals surface area (Å²) in [7, 11) is 0. The van der Waals surface area contributed by atoms with Crippen LogP contribution in [0.1, 0.15) is 42.7 Å². The van der Waals surface area contributed by atoms with Gasteiger partial charge in [-0.05, 0) is 42.2 Å². The van der Waals surface area contributed by atoms with Crippen molar-refractivity contribution in [2.75, 3.05) is 13.1 Å². The Bertz CT molecular complexity index is 1070. The fourth-order valence-corrected chi connectivity index (χ4v) is 5.31. The molecule has 0 radical (unpaired) electrons. The molecule has 31 heavy (non-hydrogen) atoms. The molecule has 0 bridgehead atoms. The van der Waals surface area contributed by atoms with Crippen molar-refractivity contribution in [3.05, 3.63) is 83.9 Å². The highest BCUT2D eigenvalue weighted by Crippen LogP contribution is 2.42. The summed E-state index contributed by atoms with van der Waals surface area (Å²) in [4.78, 5) is 14.9. The molecule has 3 heterocycles. The molecule has 2 aliphatic heterocycles. The van der Waals surface area contributed by atoms with E-state index in [0.29, 0.717) is 25.1 Å². The number of likely N-dealkylation sites (tertiary alicyclic amines) is 1. The predicted octanol–water partition coefficient (Wildman–Crippen LogP) is 4.04. The Morgan fingerprint density at radius 1 is 1.10 bits per heavy atom. The molecule has 6 heteroatoms. The first-order valence-electron chi connectivity index (χ1n) is 11.0.